The van der Waals surface area contributed by atoms with Gasteiger partial charge in [-0.25, -0.2) is 0 Å². The molecule has 0 spiro atoms. The zero-order valence-electron chi connectivity index (χ0n) is 15.1. The Hall–Kier alpha value is -1.79. The normalized spacial score (nSPS) is 19.9. The van der Waals surface area contributed by atoms with Gasteiger partial charge in [0.15, 0.2) is 11.5 Å². The van der Waals surface area contributed by atoms with Crippen LogP contribution in [0.15, 0.2) is 24.3 Å². The van der Waals surface area contributed by atoms with Crippen LogP contribution >= 0.6 is 0 Å². The number of nitrogens with one attached hydrogen (secondary N) is 1. The van der Waals surface area contributed by atoms with Gasteiger partial charge in [0.25, 0.3) is 0 Å². The van der Waals surface area contributed by atoms with Crippen molar-refractivity contribution >= 4 is 5.91 Å². The van der Waals surface area contributed by atoms with E-state index in [-0.39, 0.29) is 12.0 Å². The van der Waals surface area contributed by atoms with Crippen molar-refractivity contribution < 1.29 is 14.3 Å². The molecule has 3 rings (SSSR count). The molecular weight excluding hydrogens is 318 g/mol. The predicted molar refractivity (Wildman–Crippen MR) is 97.2 cm³/mol. The average molecular weight is 347 g/mol. The van der Waals surface area contributed by atoms with E-state index in [2.05, 4.69) is 17.1 Å². The van der Waals surface area contributed by atoms with E-state index in [1.807, 2.05) is 29.2 Å². The topological polar surface area (TPSA) is 54.0 Å². The van der Waals surface area contributed by atoms with Gasteiger partial charge in [0.1, 0.15) is 12.7 Å². The molecule has 1 unspecified atom stereocenters. The molecule has 1 N–H and O–H groups in total. The Bertz CT molecular complexity index is 561. The van der Waals surface area contributed by atoms with Crippen molar-refractivity contribution in [2.24, 2.45) is 0 Å². The molecule has 1 fully saturated rings. The number of rotatable bonds is 7. The molecule has 0 aliphatic carbocycles. The van der Waals surface area contributed by atoms with E-state index in [1.165, 1.54) is 0 Å². The zero-order chi connectivity index (χ0) is 17.5. The highest BCUT2D eigenvalue weighted by Gasteiger charge is 2.24. The zero-order valence-corrected chi connectivity index (χ0v) is 15.1. The number of carbonyl (C=O) groups excluding carboxylic acids is 1. The van der Waals surface area contributed by atoms with Crippen LogP contribution in [0.25, 0.3) is 0 Å². The molecule has 0 aromatic heterocycles. The molecule has 0 radical (unpaired) electrons. The minimum Gasteiger partial charge on any atom is -0.486 e. The number of amides is 1. The molecule has 1 amide bonds. The van der Waals surface area contributed by atoms with E-state index < -0.39 is 0 Å². The van der Waals surface area contributed by atoms with Crippen molar-refractivity contribution in [3.05, 3.63) is 24.3 Å². The summed E-state index contributed by atoms with van der Waals surface area (Å²) in [6.07, 6.45) is 1.65. The third kappa shape index (κ3) is 5.09. The first-order valence-electron chi connectivity index (χ1n) is 9.35. The maximum Gasteiger partial charge on any atom is 0.223 e. The molecular formula is C19H29N3O3. The molecule has 1 aromatic rings. The first-order valence-corrected chi connectivity index (χ1v) is 9.35. The van der Waals surface area contributed by atoms with Crippen molar-refractivity contribution in [1.29, 1.82) is 0 Å². The van der Waals surface area contributed by atoms with Crippen LogP contribution in [0.5, 0.6) is 11.5 Å². The lowest BCUT2D eigenvalue weighted by Crippen LogP contribution is -2.47. The molecule has 6 heteroatoms. The number of ether oxygens (including phenoxy) is 2. The monoisotopic (exact) mass is 347 g/mol. The number of nitrogens with zero attached hydrogens (tertiary/aromatic N) is 2. The lowest BCUT2D eigenvalue weighted by atomic mass is 10.2. The summed E-state index contributed by atoms with van der Waals surface area (Å²) in [7, 11) is 0. The quantitative estimate of drug-likeness (QED) is 0.807. The van der Waals surface area contributed by atoms with Crippen LogP contribution in [0.1, 0.15) is 19.8 Å². The summed E-state index contributed by atoms with van der Waals surface area (Å²) in [6.45, 7) is 8.70. The van der Waals surface area contributed by atoms with Crippen LogP contribution in [0.2, 0.25) is 0 Å². The second-order valence-electron chi connectivity index (χ2n) is 6.68. The van der Waals surface area contributed by atoms with Crippen molar-refractivity contribution in [3.8, 4) is 11.5 Å². The second kappa shape index (κ2) is 9.06. The molecule has 2 heterocycles. The van der Waals surface area contributed by atoms with Crippen LogP contribution < -0.4 is 14.8 Å². The van der Waals surface area contributed by atoms with Crippen LogP contribution in [0.4, 0.5) is 0 Å². The van der Waals surface area contributed by atoms with Crippen LogP contribution in [0, 0.1) is 0 Å². The molecule has 0 saturated carbocycles. The van der Waals surface area contributed by atoms with Crippen LogP contribution in [0.3, 0.4) is 0 Å². The summed E-state index contributed by atoms with van der Waals surface area (Å²) in [6, 6.07) is 7.79. The fourth-order valence-electron chi connectivity index (χ4n) is 3.38. The summed E-state index contributed by atoms with van der Waals surface area (Å²) in [5.74, 6) is 1.88. The third-order valence-electron chi connectivity index (χ3n) is 4.68. The van der Waals surface area contributed by atoms with Gasteiger partial charge in [0.2, 0.25) is 5.91 Å². The standard InChI is InChI=1S/C19H29N3O3/c1-2-10-21(11-7-19(23)22-12-8-20-9-13-22)14-16-15-24-17-5-3-4-6-18(17)25-16/h3-6,16,20H,2,7-15H2,1H3. The van der Waals surface area contributed by atoms with Crippen molar-refractivity contribution in [2.75, 3.05) is 52.4 Å². The highest BCUT2D eigenvalue weighted by atomic mass is 16.6. The summed E-state index contributed by atoms with van der Waals surface area (Å²) in [5.41, 5.74) is 0. The minimum absolute atomic E-state index is 0.00994. The minimum atomic E-state index is 0.00994. The smallest absolute Gasteiger partial charge is 0.223 e. The van der Waals surface area contributed by atoms with Crippen molar-refractivity contribution in [2.45, 2.75) is 25.9 Å². The van der Waals surface area contributed by atoms with Gasteiger partial charge in [-0.1, -0.05) is 19.1 Å². The van der Waals surface area contributed by atoms with Crippen LogP contribution in [-0.2, 0) is 4.79 Å². The molecule has 138 valence electrons. The molecule has 2 aliphatic heterocycles. The van der Waals surface area contributed by atoms with Gasteiger partial charge in [-0.3, -0.25) is 9.69 Å². The maximum atomic E-state index is 12.4. The summed E-state index contributed by atoms with van der Waals surface area (Å²) < 4.78 is 11.9. The van der Waals surface area contributed by atoms with Gasteiger partial charge in [-0.05, 0) is 25.1 Å². The predicted octanol–water partition coefficient (Wildman–Crippen LogP) is 1.36. The molecule has 1 aromatic carbocycles. The number of hydrogen-bond donors (Lipinski definition) is 1. The largest absolute Gasteiger partial charge is 0.486 e. The third-order valence-corrected chi connectivity index (χ3v) is 4.68. The van der Waals surface area contributed by atoms with E-state index in [1.54, 1.807) is 0 Å². The van der Waals surface area contributed by atoms with E-state index >= 15 is 0 Å². The fraction of sp³-hybridized carbons (Fsp3) is 0.632. The molecule has 6 nitrogen and oxygen atoms in total. The van der Waals surface area contributed by atoms with Gasteiger partial charge in [0.05, 0.1) is 0 Å². The van der Waals surface area contributed by atoms with Gasteiger partial charge in [0, 0.05) is 45.7 Å². The first-order chi connectivity index (χ1) is 12.3. The Morgan fingerprint density at radius 3 is 2.76 bits per heavy atom. The van der Waals surface area contributed by atoms with Crippen molar-refractivity contribution in [1.82, 2.24) is 15.1 Å². The molecule has 1 saturated heterocycles. The number of hydrogen-bond acceptors (Lipinski definition) is 5. The number of fused-ring (bicyclic) bond motifs is 1. The van der Waals surface area contributed by atoms with Gasteiger partial charge in [-0.15, -0.1) is 0 Å². The molecule has 25 heavy (non-hydrogen) atoms. The maximum absolute atomic E-state index is 12.4. The number of benzene rings is 1. The van der Waals surface area contributed by atoms with E-state index in [4.69, 9.17) is 9.47 Å². The van der Waals surface area contributed by atoms with Gasteiger partial charge >= 0.3 is 0 Å². The highest BCUT2D eigenvalue weighted by molar-refractivity contribution is 5.76. The van der Waals surface area contributed by atoms with Crippen LogP contribution in [-0.4, -0.2) is 74.2 Å². The SMILES string of the molecule is CCCN(CCC(=O)N1CCNCC1)CC1COc2ccccc2O1. The number of carbonyl (C=O) groups is 1. The fourth-order valence-corrected chi connectivity index (χ4v) is 3.38. The summed E-state index contributed by atoms with van der Waals surface area (Å²) >= 11 is 0. The Balaban J connectivity index is 1.48. The first kappa shape index (κ1) is 18.0. The molecule has 1 atom stereocenters. The summed E-state index contributed by atoms with van der Waals surface area (Å²) in [4.78, 5) is 16.7. The number of piperazine rings is 1. The van der Waals surface area contributed by atoms with E-state index in [0.29, 0.717) is 13.0 Å². The Labute approximate surface area is 150 Å². The molecule has 2 aliphatic rings. The highest BCUT2D eigenvalue weighted by Crippen LogP contribution is 2.31. The Morgan fingerprint density at radius 2 is 2.00 bits per heavy atom. The lowest BCUT2D eigenvalue weighted by Gasteiger charge is -2.32. The summed E-state index contributed by atoms with van der Waals surface area (Å²) in [5, 5.41) is 3.28. The van der Waals surface area contributed by atoms with E-state index in [9.17, 15) is 4.79 Å². The molecule has 0 bridgehead atoms. The number of para-hydroxylation sites is 2. The van der Waals surface area contributed by atoms with E-state index in [0.717, 1.165) is 63.7 Å². The van der Waals surface area contributed by atoms with Gasteiger partial charge < -0.3 is 19.7 Å². The van der Waals surface area contributed by atoms with Crippen molar-refractivity contribution in [3.63, 3.8) is 0 Å². The lowest BCUT2D eigenvalue weighted by molar-refractivity contribution is -0.132. The Kier molecular flexibility index (Phi) is 6.53. The Morgan fingerprint density at radius 1 is 1.24 bits per heavy atom. The average Bonchev–Trinajstić information content (AvgIpc) is 2.66. The van der Waals surface area contributed by atoms with Gasteiger partial charge in [-0.2, -0.15) is 0 Å². The second-order valence-corrected chi connectivity index (χ2v) is 6.68.